The fraction of sp³-hybridized carbons (Fsp3) is 0.333. The van der Waals surface area contributed by atoms with Gasteiger partial charge >= 0.3 is 0 Å². The first-order chi connectivity index (χ1) is 7.17. The van der Waals surface area contributed by atoms with E-state index >= 15 is 0 Å². The second kappa shape index (κ2) is 5.28. The summed E-state index contributed by atoms with van der Waals surface area (Å²) in [4.78, 5) is 14.6. The third-order valence-corrected chi connectivity index (χ3v) is 1.84. The van der Waals surface area contributed by atoms with E-state index in [-0.39, 0.29) is 13.2 Å². The Hall–Kier alpha value is -1.66. The molecule has 0 saturated carbocycles. The standard InChI is InChI=1S/C9H13N3O3/c10-9(15)6-1-2-8(11-3-6)12-7(4-13)5-14/h1-3,7,13-14H,4-5H2,(H2,10,15)(H,11,12). The summed E-state index contributed by atoms with van der Waals surface area (Å²) >= 11 is 0. The molecule has 1 heterocycles. The van der Waals surface area contributed by atoms with Gasteiger partial charge in [-0.05, 0) is 12.1 Å². The van der Waals surface area contributed by atoms with Gasteiger partial charge in [-0.25, -0.2) is 4.98 Å². The van der Waals surface area contributed by atoms with Crippen molar-refractivity contribution in [3.63, 3.8) is 0 Å². The molecule has 0 spiro atoms. The van der Waals surface area contributed by atoms with Crippen molar-refractivity contribution in [2.45, 2.75) is 6.04 Å². The van der Waals surface area contributed by atoms with Crippen LogP contribution >= 0.6 is 0 Å². The second-order valence-corrected chi connectivity index (χ2v) is 3.00. The van der Waals surface area contributed by atoms with Gasteiger partial charge in [0.25, 0.3) is 0 Å². The Morgan fingerprint density at radius 3 is 2.53 bits per heavy atom. The normalized spacial score (nSPS) is 10.3. The summed E-state index contributed by atoms with van der Waals surface area (Å²) in [6.07, 6.45) is 1.33. The zero-order valence-electron chi connectivity index (χ0n) is 8.05. The molecule has 0 aromatic carbocycles. The van der Waals surface area contributed by atoms with Crippen molar-refractivity contribution < 1.29 is 15.0 Å². The van der Waals surface area contributed by atoms with Crippen LogP contribution in [0.1, 0.15) is 10.4 Å². The Kier molecular flexibility index (Phi) is 4.02. The molecule has 0 aliphatic rings. The first kappa shape index (κ1) is 11.4. The van der Waals surface area contributed by atoms with Gasteiger partial charge in [0.1, 0.15) is 5.82 Å². The fourth-order valence-corrected chi connectivity index (χ4v) is 0.983. The highest BCUT2D eigenvalue weighted by atomic mass is 16.3. The van der Waals surface area contributed by atoms with Gasteiger partial charge in [-0.15, -0.1) is 0 Å². The second-order valence-electron chi connectivity index (χ2n) is 3.00. The maximum absolute atomic E-state index is 10.7. The van der Waals surface area contributed by atoms with E-state index in [0.717, 1.165) is 0 Å². The van der Waals surface area contributed by atoms with Crippen molar-refractivity contribution in [3.05, 3.63) is 23.9 Å². The smallest absolute Gasteiger partial charge is 0.250 e. The summed E-state index contributed by atoms with van der Waals surface area (Å²) in [5, 5.41) is 20.4. The average Bonchev–Trinajstić information content (AvgIpc) is 2.26. The lowest BCUT2D eigenvalue weighted by atomic mass is 10.2. The van der Waals surface area contributed by atoms with Crippen LogP contribution in [0.5, 0.6) is 0 Å². The number of hydrogen-bond acceptors (Lipinski definition) is 5. The van der Waals surface area contributed by atoms with E-state index in [1.54, 1.807) is 6.07 Å². The number of carbonyl (C=O) groups is 1. The van der Waals surface area contributed by atoms with Crippen molar-refractivity contribution in [2.24, 2.45) is 5.73 Å². The van der Waals surface area contributed by atoms with Crippen LogP contribution in [-0.2, 0) is 0 Å². The number of aliphatic hydroxyl groups excluding tert-OH is 2. The van der Waals surface area contributed by atoms with Crippen LogP contribution in [0.2, 0.25) is 0 Å². The van der Waals surface area contributed by atoms with Crippen LogP contribution in [0.25, 0.3) is 0 Å². The summed E-state index contributed by atoms with van der Waals surface area (Å²) in [6, 6.07) is 2.61. The van der Waals surface area contributed by atoms with Gasteiger partial charge in [0, 0.05) is 6.20 Å². The average molecular weight is 211 g/mol. The van der Waals surface area contributed by atoms with Gasteiger partial charge in [-0.2, -0.15) is 0 Å². The number of nitrogens with two attached hydrogens (primary N) is 1. The first-order valence-electron chi connectivity index (χ1n) is 4.41. The molecule has 6 nitrogen and oxygen atoms in total. The summed E-state index contributed by atoms with van der Waals surface area (Å²) in [7, 11) is 0. The van der Waals surface area contributed by atoms with E-state index in [1.807, 2.05) is 0 Å². The minimum atomic E-state index is -0.546. The molecule has 0 radical (unpaired) electrons. The molecule has 1 aromatic rings. The molecule has 0 aliphatic carbocycles. The number of carbonyl (C=O) groups excluding carboxylic acids is 1. The third-order valence-electron chi connectivity index (χ3n) is 1.84. The van der Waals surface area contributed by atoms with Gasteiger partial charge < -0.3 is 21.3 Å². The molecule has 1 amide bonds. The minimum absolute atomic E-state index is 0.199. The molecule has 0 bridgehead atoms. The number of nitrogens with zero attached hydrogens (tertiary/aromatic N) is 1. The molecular formula is C9H13N3O3. The van der Waals surface area contributed by atoms with E-state index < -0.39 is 11.9 Å². The van der Waals surface area contributed by atoms with Crippen molar-refractivity contribution in [3.8, 4) is 0 Å². The number of aliphatic hydroxyl groups is 2. The Balaban J connectivity index is 2.67. The van der Waals surface area contributed by atoms with Crippen LogP contribution in [-0.4, -0.2) is 40.4 Å². The van der Waals surface area contributed by atoms with Gasteiger partial charge in [-0.3, -0.25) is 4.79 Å². The molecule has 0 saturated heterocycles. The molecule has 15 heavy (non-hydrogen) atoms. The number of primary amides is 1. The molecule has 6 heteroatoms. The maximum atomic E-state index is 10.7. The summed E-state index contributed by atoms with van der Waals surface area (Å²) < 4.78 is 0. The van der Waals surface area contributed by atoms with E-state index in [9.17, 15) is 4.79 Å². The minimum Gasteiger partial charge on any atom is -0.394 e. The van der Waals surface area contributed by atoms with Gasteiger partial charge in [-0.1, -0.05) is 0 Å². The van der Waals surface area contributed by atoms with Gasteiger partial charge in [0.15, 0.2) is 0 Å². The number of rotatable bonds is 5. The van der Waals surface area contributed by atoms with E-state index in [2.05, 4.69) is 10.3 Å². The Morgan fingerprint density at radius 2 is 2.13 bits per heavy atom. The lowest BCUT2D eigenvalue weighted by molar-refractivity contribution is 0.1000. The molecule has 1 rings (SSSR count). The van der Waals surface area contributed by atoms with Gasteiger partial charge in [0.05, 0.1) is 24.8 Å². The Labute approximate surface area is 86.8 Å². The summed E-state index contributed by atoms with van der Waals surface area (Å²) in [5.41, 5.74) is 5.35. The highest BCUT2D eigenvalue weighted by Gasteiger charge is 2.06. The molecule has 5 N–H and O–H groups in total. The predicted molar refractivity (Wildman–Crippen MR) is 54.3 cm³/mol. The zero-order chi connectivity index (χ0) is 11.3. The topological polar surface area (TPSA) is 108 Å². The van der Waals surface area contributed by atoms with Crippen LogP contribution in [0.4, 0.5) is 5.82 Å². The monoisotopic (exact) mass is 211 g/mol. The van der Waals surface area contributed by atoms with Crippen molar-refractivity contribution in [1.82, 2.24) is 4.98 Å². The van der Waals surface area contributed by atoms with Crippen LogP contribution in [0.15, 0.2) is 18.3 Å². The Bertz CT molecular complexity index is 322. The molecule has 0 unspecified atom stereocenters. The number of amides is 1. The molecule has 0 fully saturated rings. The van der Waals surface area contributed by atoms with Gasteiger partial charge in [0.2, 0.25) is 5.91 Å². The highest BCUT2D eigenvalue weighted by molar-refractivity contribution is 5.92. The zero-order valence-corrected chi connectivity index (χ0v) is 8.05. The largest absolute Gasteiger partial charge is 0.394 e. The third kappa shape index (κ3) is 3.19. The van der Waals surface area contributed by atoms with E-state index in [1.165, 1.54) is 12.3 Å². The first-order valence-corrected chi connectivity index (χ1v) is 4.41. The summed E-state index contributed by atoms with van der Waals surface area (Å²) in [6.45, 7) is -0.397. The highest BCUT2D eigenvalue weighted by Crippen LogP contribution is 2.05. The van der Waals surface area contributed by atoms with Crippen LogP contribution < -0.4 is 11.1 Å². The Morgan fingerprint density at radius 1 is 1.47 bits per heavy atom. The summed E-state index contributed by atoms with van der Waals surface area (Å²) in [5.74, 6) is -0.0805. The maximum Gasteiger partial charge on any atom is 0.250 e. The van der Waals surface area contributed by atoms with Crippen molar-refractivity contribution >= 4 is 11.7 Å². The molecule has 0 aliphatic heterocycles. The predicted octanol–water partition coefficient (Wildman–Crippen LogP) is -1.05. The van der Waals surface area contributed by atoms with Crippen molar-refractivity contribution in [1.29, 1.82) is 0 Å². The molecule has 82 valence electrons. The molecule has 1 aromatic heterocycles. The lowest BCUT2D eigenvalue weighted by Gasteiger charge is -2.13. The number of anilines is 1. The number of nitrogens with one attached hydrogen (secondary N) is 1. The number of aromatic nitrogens is 1. The van der Waals surface area contributed by atoms with Crippen LogP contribution in [0.3, 0.4) is 0 Å². The number of pyridine rings is 1. The lowest BCUT2D eigenvalue weighted by Crippen LogP contribution is -2.28. The quantitative estimate of drug-likeness (QED) is 0.496. The van der Waals surface area contributed by atoms with E-state index in [4.69, 9.17) is 15.9 Å². The van der Waals surface area contributed by atoms with E-state index in [0.29, 0.717) is 11.4 Å². The van der Waals surface area contributed by atoms with Crippen molar-refractivity contribution in [2.75, 3.05) is 18.5 Å². The molecule has 0 atom stereocenters. The SMILES string of the molecule is NC(=O)c1ccc(NC(CO)CO)nc1. The fourth-order valence-electron chi connectivity index (χ4n) is 0.983. The number of hydrogen-bond donors (Lipinski definition) is 4. The molecular weight excluding hydrogens is 198 g/mol. The van der Waals surface area contributed by atoms with Crippen LogP contribution in [0, 0.1) is 0 Å².